The van der Waals surface area contributed by atoms with Gasteiger partial charge in [-0.2, -0.15) is 5.10 Å². The van der Waals surface area contributed by atoms with Gasteiger partial charge in [-0.05, 0) is 37.5 Å². The maximum atomic E-state index is 12.8. The van der Waals surface area contributed by atoms with Gasteiger partial charge in [0.25, 0.3) is 5.91 Å². The molecule has 2 N–H and O–H groups in total. The van der Waals surface area contributed by atoms with Crippen molar-refractivity contribution in [2.45, 2.75) is 52.7 Å². The third kappa shape index (κ3) is 4.66. The van der Waals surface area contributed by atoms with Crippen molar-refractivity contribution < 1.29 is 18.7 Å². The molecule has 36 heavy (non-hydrogen) atoms. The van der Waals surface area contributed by atoms with Crippen LogP contribution in [0.4, 0.5) is 5.69 Å². The number of oxazole rings is 1. The zero-order chi connectivity index (χ0) is 25.2. The number of hydrogen-bond donors (Lipinski definition) is 2. The Morgan fingerprint density at radius 2 is 2.08 bits per heavy atom. The fourth-order valence-electron chi connectivity index (χ4n) is 4.27. The maximum Gasteiger partial charge on any atom is 0.307 e. The van der Waals surface area contributed by atoms with Crippen LogP contribution in [0.5, 0.6) is 0 Å². The van der Waals surface area contributed by atoms with Crippen molar-refractivity contribution >= 4 is 28.6 Å². The lowest BCUT2D eigenvalue weighted by molar-refractivity contribution is -0.147. The predicted octanol–water partition coefficient (Wildman–Crippen LogP) is 3.77. The Balaban J connectivity index is 1.41. The second kappa shape index (κ2) is 9.80. The zero-order valence-corrected chi connectivity index (χ0v) is 20.5. The summed E-state index contributed by atoms with van der Waals surface area (Å²) in [6.45, 7) is 7.49. The van der Waals surface area contributed by atoms with Crippen LogP contribution >= 0.6 is 0 Å². The molecule has 10 heteroatoms. The molecule has 186 valence electrons. The van der Waals surface area contributed by atoms with E-state index in [1.54, 1.807) is 17.1 Å². The van der Waals surface area contributed by atoms with E-state index in [0.29, 0.717) is 43.0 Å². The van der Waals surface area contributed by atoms with Gasteiger partial charge in [0.15, 0.2) is 11.3 Å². The lowest BCUT2D eigenvalue weighted by Gasteiger charge is -2.24. The van der Waals surface area contributed by atoms with Crippen LogP contribution in [0.1, 0.15) is 46.9 Å². The van der Waals surface area contributed by atoms with Gasteiger partial charge in [0, 0.05) is 31.7 Å². The van der Waals surface area contributed by atoms with Crippen LogP contribution in [-0.4, -0.2) is 44.3 Å². The number of hydrogen-bond acceptors (Lipinski definition) is 8. The maximum absolute atomic E-state index is 12.8. The topological polar surface area (TPSA) is 124 Å². The first-order valence-corrected chi connectivity index (χ1v) is 12.0. The van der Waals surface area contributed by atoms with Crippen molar-refractivity contribution in [3.63, 3.8) is 0 Å². The summed E-state index contributed by atoms with van der Waals surface area (Å²) in [5, 5.41) is 11.6. The normalized spacial score (nSPS) is 15.6. The molecule has 1 aliphatic heterocycles. The number of carbonyl (C=O) groups excluding carboxylic acids is 2. The highest BCUT2D eigenvalue weighted by Gasteiger charge is 2.25. The van der Waals surface area contributed by atoms with E-state index < -0.39 is 0 Å². The molecule has 1 saturated heterocycles. The van der Waals surface area contributed by atoms with Crippen molar-refractivity contribution in [1.29, 1.82) is 0 Å². The Labute approximate surface area is 208 Å². The number of ether oxygens (including phenoxy) is 1. The summed E-state index contributed by atoms with van der Waals surface area (Å²) in [5.74, 6) is -0.319. The van der Waals surface area contributed by atoms with E-state index >= 15 is 0 Å². The molecule has 4 heterocycles. The van der Waals surface area contributed by atoms with Crippen molar-refractivity contribution in [1.82, 2.24) is 25.1 Å². The molecule has 1 amide bonds. The number of carbonyl (C=O) groups is 2. The minimum absolute atomic E-state index is 0.115. The highest BCUT2D eigenvalue weighted by Crippen LogP contribution is 2.34. The van der Waals surface area contributed by atoms with Crippen LogP contribution in [0.15, 0.2) is 41.3 Å². The Morgan fingerprint density at radius 1 is 1.22 bits per heavy atom. The first-order chi connectivity index (χ1) is 17.4. The molecule has 10 nitrogen and oxygen atoms in total. The van der Waals surface area contributed by atoms with Gasteiger partial charge in [-0.15, -0.1) is 0 Å². The second-order valence-electron chi connectivity index (χ2n) is 8.94. The molecule has 0 aliphatic carbocycles. The van der Waals surface area contributed by atoms with E-state index in [0.717, 1.165) is 10.9 Å². The third-order valence-electron chi connectivity index (χ3n) is 6.45. The number of benzene rings is 1. The molecule has 0 saturated carbocycles. The minimum atomic E-state index is -0.333. The molecule has 4 aromatic rings. The van der Waals surface area contributed by atoms with E-state index in [1.807, 2.05) is 26.0 Å². The average molecular weight is 489 g/mol. The lowest BCUT2D eigenvalue weighted by Crippen LogP contribution is -2.31. The summed E-state index contributed by atoms with van der Waals surface area (Å²) in [6, 6.07) is 5.97. The van der Waals surface area contributed by atoms with E-state index in [2.05, 4.69) is 38.7 Å². The standard InChI is InChI=1S/C26H28N6O4/c1-4-32-24-19(13-29-32)23(30-18-7-8-35-22(33)10-18)20(12-27-24)26-31-21(14-36-26)25(34)28-11-17-6-5-15(2)16(3)9-17/h5-6,9,12-14,18H,4,7-8,10-11H2,1-3H3,(H,27,30)(H,28,34). The Hall–Kier alpha value is -4.21. The smallest absolute Gasteiger partial charge is 0.307 e. The largest absolute Gasteiger partial charge is 0.466 e. The van der Waals surface area contributed by atoms with E-state index in [1.165, 1.54) is 17.4 Å². The lowest BCUT2D eigenvalue weighted by atomic mass is 10.1. The van der Waals surface area contributed by atoms with Gasteiger partial charge < -0.3 is 19.8 Å². The summed E-state index contributed by atoms with van der Waals surface area (Å²) in [5.41, 5.74) is 5.57. The quantitative estimate of drug-likeness (QED) is 0.377. The highest BCUT2D eigenvalue weighted by atomic mass is 16.5. The molecule has 3 aromatic heterocycles. The molecule has 1 aliphatic rings. The van der Waals surface area contributed by atoms with Gasteiger partial charge in [-0.3, -0.25) is 9.59 Å². The van der Waals surface area contributed by atoms with Crippen LogP contribution in [-0.2, 0) is 22.6 Å². The van der Waals surface area contributed by atoms with E-state index in [4.69, 9.17) is 9.15 Å². The van der Waals surface area contributed by atoms with Gasteiger partial charge in [0.05, 0.1) is 35.9 Å². The van der Waals surface area contributed by atoms with Crippen LogP contribution in [0.2, 0.25) is 0 Å². The third-order valence-corrected chi connectivity index (χ3v) is 6.45. The monoisotopic (exact) mass is 488 g/mol. The Morgan fingerprint density at radius 3 is 2.86 bits per heavy atom. The molecule has 0 bridgehead atoms. The van der Waals surface area contributed by atoms with Gasteiger partial charge in [-0.1, -0.05) is 18.2 Å². The van der Waals surface area contributed by atoms with Gasteiger partial charge in [0.2, 0.25) is 5.89 Å². The molecular weight excluding hydrogens is 460 g/mol. The molecular formula is C26H28N6O4. The van der Waals surface area contributed by atoms with Crippen molar-refractivity contribution in [3.05, 3.63) is 59.2 Å². The molecule has 1 aromatic carbocycles. The Kier molecular flexibility index (Phi) is 6.41. The number of pyridine rings is 1. The predicted molar refractivity (Wildman–Crippen MR) is 133 cm³/mol. The first kappa shape index (κ1) is 23.5. The molecule has 1 unspecified atom stereocenters. The number of cyclic esters (lactones) is 1. The van der Waals surface area contributed by atoms with Crippen LogP contribution in [0.25, 0.3) is 22.5 Å². The molecule has 0 spiro atoms. The van der Waals surface area contributed by atoms with Crippen molar-refractivity contribution in [2.24, 2.45) is 0 Å². The van der Waals surface area contributed by atoms with Crippen molar-refractivity contribution in [2.75, 3.05) is 11.9 Å². The number of amides is 1. The van der Waals surface area contributed by atoms with Gasteiger partial charge in [0.1, 0.15) is 6.26 Å². The van der Waals surface area contributed by atoms with Crippen LogP contribution in [0, 0.1) is 13.8 Å². The summed E-state index contributed by atoms with van der Waals surface area (Å²) in [6.07, 6.45) is 5.66. The molecule has 5 rings (SSSR count). The minimum Gasteiger partial charge on any atom is -0.466 e. The van der Waals surface area contributed by atoms with Gasteiger partial charge >= 0.3 is 5.97 Å². The fraction of sp³-hybridized carbons (Fsp3) is 0.346. The zero-order valence-electron chi connectivity index (χ0n) is 20.5. The number of anilines is 1. The number of fused-ring (bicyclic) bond motifs is 1. The molecule has 1 atom stereocenters. The number of rotatable bonds is 7. The summed E-state index contributed by atoms with van der Waals surface area (Å²) in [7, 11) is 0. The number of nitrogens with zero attached hydrogens (tertiary/aromatic N) is 4. The second-order valence-corrected chi connectivity index (χ2v) is 8.94. The number of aromatic nitrogens is 4. The fourth-order valence-corrected chi connectivity index (χ4v) is 4.27. The van der Waals surface area contributed by atoms with E-state index in [9.17, 15) is 9.59 Å². The first-order valence-electron chi connectivity index (χ1n) is 12.0. The number of aryl methyl sites for hydroxylation is 3. The van der Waals surface area contributed by atoms with Crippen LogP contribution in [0.3, 0.4) is 0 Å². The van der Waals surface area contributed by atoms with Gasteiger partial charge in [-0.25, -0.2) is 14.6 Å². The van der Waals surface area contributed by atoms with Crippen LogP contribution < -0.4 is 10.6 Å². The van der Waals surface area contributed by atoms with Crippen molar-refractivity contribution in [3.8, 4) is 11.5 Å². The number of nitrogens with one attached hydrogen (secondary N) is 2. The van der Waals surface area contributed by atoms with E-state index in [-0.39, 0.29) is 35.9 Å². The average Bonchev–Trinajstić information content (AvgIpc) is 3.52. The summed E-state index contributed by atoms with van der Waals surface area (Å²) >= 11 is 0. The summed E-state index contributed by atoms with van der Waals surface area (Å²) < 4.78 is 12.6. The SMILES string of the molecule is CCn1ncc2c(NC3CCOC(=O)C3)c(-c3nc(C(=O)NCc4ccc(C)c(C)c4)co3)cnc21. The number of esters is 1. The molecule has 0 radical (unpaired) electrons. The molecule has 1 fully saturated rings. The highest BCUT2D eigenvalue weighted by molar-refractivity contribution is 5.98. The summed E-state index contributed by atoms with van der Waals surface area (Å²) in [4.78, 5) is 33.6. The Bertz CT molecular complexity index is 1440.